The molecule has 60 valence electrons. The number of aliphatic hydroxyl groups is 1. The number of aliphatic hydroxyl groups excluding tert-OH is 1. The molecule has 10 heavy (non-hydrogen) atoms. The zero-order valence-corrected chi connectivity index (χ0v) is 6.51. The van der Waals surface area contributed by atoms with Gasteiger partial charge in [-0.1, -0.05) is 0 Å². The van der Waals surface area contributed by atoms with Gasteiger partial charge in [0, 0.05) is 6.04 Å². The van der Waals surface area contributed by atoms with Crippen molar-refractivity contribution >= 4 is 0 Å². The molecule has 1 rings (SSSR count). The summed E-state index contributed by atoms with van der Waals surface area (Å²) in [6.07, 6.45) is 2.33. The third-order valence-electron chi connectivity index (χ3n) is 2.10. The fourth-order valence-corrected chi connectivity index (χ4v) is 1.34. The van der Waals surface area contributed by atoms with E-state index in [-0.39, 0.29) is 6.73 Å². The Morgan fingerprint density at radius 3 is 2.60 bits per heavy atom. The molecule has 1 aliphatic heterocycles. The topological polar surface area (TPSA) is 35.5 Å². The number of nitrogens with zero attached hydrogens (tertiary/aromatic N) is 1. The van der Waals surface area contributed by atoms with Crippen molar-refractivity contribution in [3.8, 4) is 0 Å². The highest BCUT2D eigenvalue weighted by atomic mass is 16.3. The third kappa shape index (κ3) is 2.25. The molecular formula is C7H16N2O. The molecule has 3 heteroatoms. The van der Waals surface area contributed by atoms with E-state index in [4.69, 9.17) is 5.11 Å². The first-order chi connectivity index (χ1) is 4.83. The fourth-order valence-electron chi connectivity index (χ4n) is 1.34. The summed E-state index contributed by atoms with van der Waals surface area (Å²) in [6, 6.07) is 0.543. The number of nitrogens with one attached hydrogen (secondary N) is 1. The van der Waals surface area contributed by atoms with Crippen molar-refractivity contribution in [2.45, 2.75) is 18.9 Å². The molecule has 0 unspecified atom stereocenters. The van der Waals surface area contributed by atoms with Crippen LogP contribution in [0, 0.1) is 0 Å². The lowest BCUT2D eigenvalue weighted by Crippen LogP contribution is -2.41. The smallest absolute Gasteiger partial charge is 0.0933 e. The van der Waals surface area contributed by atoms with Gasteiger partial charge in [-0.2, -0.15) is 0 Å². The molecule has 0 aliphatic carbocycles. The summed E-state index contributed by atoms with van der Waals surface area (Å²) < 4.78 is 0. The summed E-state index contributed by atoms with van der Waals surface area (Å²) in [5.74, 6) is 0. The Labute approximate surface area is 62.0 Å². The van der Waals surface area contributed by atoms with E-state index in [0.29, 0.717) is 6.04 Å². The van der Waals surface area contributed by atoms with Gasteiger partial charge in [0.05, 0.1) is 6.73 Å². The molecule has 1 saturated heterocycles. The molecule has 0 saturated carbocycles. The minimum absolute atomic E-state index is 0.119. The highest BCUT2D eigenvalue weighted by molar-refractivity contribution is 4.73. The highest BCUT2D eigenvalue weighted by Crippen LogP contribution is 2.06. The molecule has 0 aromatic rings. The summed E-state index contributed by atoms with van der Waals surface area (Å²) in [6.45, 7) is 2.42. The second kappa shape index (κ2) is 3.91. The summed E-state index contributed by atoms with van der Waals surface area (Å²) >= 11 is 0. The Balaban J connectivity index is 2.13. The van der Waals surface area contributed by atoms with Gasteiger partial charge in [0.15, 0.2) is 0 Å². The second-order valence-electron chi connectivity index (χ2n) is 2.94. The molecular weight excluding hydrogens is 128 g/mol. The van der Waals surface area contributed by atoms with E-state index >= 15 is 0 Å². The standard InChI is InChI=1S/C7H16N2O/c1-9-4-2-7(3-5-9)8-6-10/h7-8,10H,2-6H2,1H3. The number of piperidine rings is 1. The van der Waals surface area contributed by atoms with Gasteiger partial charge in [-0.05, 0) is 33.0 Å². The Morgan fingerprint density at radius 1 is 1.50 bits per heavy atom. The zero-order valence-electron chi connectivity index (χ0n) is 6.51. The normalized spacial score (nSPS) is 23.4. The fraction of sp³-hybridized carbons (Fsp3) is 1.00. The molecule has 0 aromatic carbocycles. The Bertz CT molecular complexity index is 89.6. The van der Waals surface area contributed by atoms with E-state index in [1.54, 1.807) is 0 Å². The van der Waals surface area contributed by atoms with Crippen LogP contribution in [0.4, 0.5) is 0 Å². The maximum atomic E-state index is 8.56. The van der Waals surface area contributed by atoms with Gasteiger partial charge < -0.3 is 10.0 Å². The lowest BCUT2D eigenvalue weighted by atomic mass is 10.1. The average Bonchev–Trinajstić information content (AvgIpc) is 1.95. The van der Waals surface area contributed by atoms with E-state index in [1.807, 2.05) is 0 Å². The number of likely N-dealkylation sites (tertiary alicyclic amines) is 1. The van der Waals surface area contributed by atoms with Crippen LogP contribution in [0.25, 0.3) is 0 Å². The molecule has 1 heterocycles. The van der Waals surface area contributed by atoms with Crippen LogP contribution in [0.2, 0.25) is 0 Å². The van der Waals surface area contributed by atoms with Crippen LogP contribution >= 0.6 is 0 Å². The zero-order chi connectivity index (χ0) is 7.40. The van der Waals surface area contributed by atoms with Crippen molar-refractivity contribution in [1.29, 1.82) is 0 Å². The molecule has 0 aromatic heterocycles. The molecule has 1 fully saturated rings. The van der Waals surface area contributed by atoms with Crippen LogP contribution in [0.3, 0.4) is 0 Å². The highest BCUT2D eigenvalue weighted by Gasteiger charge is 2.14. The Morgan fingerprint density at radius 2 is 2.10 bits per heavy atom. The predicted molar refractivity (Wildman–Crippen MR) is 40.7 cm³/mol. The molecule has 0 spiro atoms. The van der Waals surface area contributed by atoms with Crippen molar-refractivity contribution in [2.24, 2.45) is 0 Å². The third-order valence-corrected chi connectivity index (χ3v) is 2.10. The largest absolute Gasteiger partial charge is 0.381 e. The minimum Gasteiger partial charge on any atom is -0.381 e. The lowest BCUT2D eigenvalue weighted by molar-refractivity contribution is 0.186. The molecule has 0 amide bonds. The SMILES string of the molecule is CN1CCC(NCO)CC1. The Hall–Kier alpha value is -0.120. The number of hydrogen-bond acceptors (Lipinski definition) is 3. The van der Waals surface area contributed by atoms with Gasteiger partial charge in [0.1, 0.15) is 0 Å². The number of rotatable bonds is 2. The summed E-state index contributed by atoms with van der Waals surface area (Å²) in [4.78, 5) is 2.32. The van der Waals surface area contributed by atoms with Crippen molar-refractivity contribution in [3.05, 3.63) is 0 Å². The van der Waals surface area contributed by atoms with Crippen molar-refractivity contribution < 1.29 is 5.11 Å². The molecule has 1 aliphatic rings. The van der Waals surface area contributed by atoms with Gasteiger partial charge in [-0.25, -0.2) is 0 Å². The molecule has 2 N–H and O–H groups in total. The maximum Gasteiger partial charge on any atom is 0.0933 e. The molecule has 0 radical (unpaired) electrons. The van der Waals surface area contributed by atoms with Crippen LogP contribution in [-0.2, 0) is 0 Å². The van der Waals surface area contributed by atoms with Crippen LogP contribution in [0.5, 0.6) is 0 Å². The first-order valence-electron chi connectivity index (χ1n) is 3.85. The van der Waals surface area contributed by atoms with E-state index < -0.39 is 0 Å². The van der Waals surface area contributed by atoms with Gasteiger partial charge in [0.2, 0.25) is 0 Å². The molecule has 3 nitrogen and oxygen atoms in total. The second-order valence-corrected chi connectivity index (χ2v) is 2.94. The predicted octanol–water partition coefficient (Wildman–Crippen LogP) is -0.380. The minimum atomic E-state index is 0.119. The van der Waals surface area contributed by atoms with Gasteiger partial charge in [-0.3, -0.25) is 5.32 Å². The summed E-state index contributed by atoms with van der Waals surface area (Å²) in [5, 5.41) is 11.6. The van der Waals surface area contributed by atoms with E-state index in [1.165, 1.54) is 0 Å². The van der Waals surface area contributed by atoms with Gasteiger partial charge in [0.25, 0.3) is 0 Å². The van der Waals surface area contributed by atoms with Crippen LogP contribution in [0.1, 0.15) is 12.8 Å². The van der Waals surface area contributed by atoms with E-state index in [0.717, 1.165) is 25.9 Å². The van der Waals surface area contributed by atoms with Crippen molar-refractivity contribution in [2.75, 3.05) is 26.9 Å². The summed E-state index contributed by atoms with van der Waals surface area (Å²) in [7, 11) is 2.13. The average molecular weight is 144 g/mol. The maximum absolute atomic E-state index is 8.56. The quantitative estimate of drug-likeness (QED) is 0.519. The first-order valence-corrected chi connectivity index (χ1v) is 3.85. The van der Waals surface area contributed by atoms with Crippen LogP contribution in [-0.4, -0.2) is 42.9 Å². The number of hydrogen-bond donors (Lipinski definition) is 2. The van der Waals surface area contributed by atoms with Crippen molar-refractivity contribution in [1.82, 2.24) is 10.2 Å². The van der Waals surface area contributed by atoms with Crippen LogP contribution in [0.15, 0.2) is 0 Å². The van der Waals surface area contributed by atoms with Gasteiger partial charge >= 0.3 is 0 Å². The lowest BCUT2D eigenvalue weighted by Gasteiger charge is -2.28. The monoisotopic (exact) mass is 144 g/mol. The summed E-state index contributed by atoms with van der Waals surface area (Å²) in [5.41, 5.74) is 0. The van der Waals surface area contributed by atoms with E-state index in [2.05, 4.69) is 17.3 Å². The van der Waals surface area contributed by atoms with Crippen molar-refractivity contribution in [3.63, 3.8) is 0 Å². The molecule has 0 atom stereocenters. The first kappa shape index (κ1) is 7.98. The van der Waals surface area contributed by atoms with Crippen LogP contribution < -0.4 is 5.32 Å². The van der Waals surface area contributed by atoms with Gasteiger partial charge in [-0.15, -0.1) is 0 Å². The Kier molecular flexibility index (Phi) is 3.12. The molecule has 0 bridgehead atoms. The van der Waals surface area contributed by atoms with E-state index in [9.17, 15) is 0 Å².